The number of benzene rings is 2. The van der Waals surface area contributed by atoms with E-state index in [2.05, 4.69) is 10.5 Å². The maximum Gasteiger partial charge on any atom is 0.306 e. The van der Waals surface area contributed by atoms with E-state index in [1.54, 1.807) is 0 Å². The van der Waals surface area contributed by atoms with Crippen LogP contribution in [0.25, 0.3) is 0 Å². The van der Waals surface area contributed by atoms with Gasteiger partial charge in [-0.3, -0.25) is 24.4 Å². The summed E-state index contributed by atoms with van der Waals surface area (Å²) in [5.74, 6) is -0.906. The molecule has 3 amide bonds. The van der Waals surface area contributed by atoms with Gasteiger partial charge in [0.25, 0.3) is 11.8 Å². The van der Waals surface area contributed by atoms with Crippen LogP contribution in [-0.2, 0) is 25.7 Å². The van der Waals surface area contributed by atoms with Crippen molar-refractivity contribution in [1.29, 1.82) is 0 Å². The summed E-state index contributed by atoms with van der Waals surface area (Å²) in [5.41, 5.74) is 6.00. The summed E-state index contributed by atoms with van der Waals surface area (Å²) in [7, 11) is 0. The molecular formula is C31H36N4O7. The summed E-state index contributed by atoms with van der Waals surface area (Å²) in [6, 6.07) is 13.5. The Morgan fingerprint density at radius 3 is 2.45 bits per heavy atom. The summed E-state index contributed by atoms with van der Waals surface area (Å²) in [4.78, 5) is 51.0. The number of rotatable bonds is 8. The van der Waals surface area contributed by atoms with Crippen molar-refractivity contribution in [3.63, 3.8) is 0 Å². The predicted octanol–water partition coefficient (Wildman–Crippen LogP) is 3.65. The number of fused-ring (bicyclic) bond motifs is 1. The van der Waals surface area contributed by atoms with Gasteiger partial charge in [0.05, 0.1) is 12.3 Å². The van der Waals surface area contributed by atoms with Crippen LogP contribution in [0.1, 0.15) is 72.9 Å². The van der Waals surface area contributed by atoms with Gasteiger partial charge in [-0.2, -0.15) is 5.10 Å². The molecule has 0 unspecified atom stereocenters. The number of amides is 3. The van der Waals surface area contributed by atoms with Crippen LogP contribution in [0.2, 0.25) is 0 Å². The summed E-state index contributed by atoms with van der Waals surface area (Å²) >= 11 is 0. The fourth-order valence-corrected chi connectivity index (χ4v) is 5.00. The number of ether oxygens (including phenoxy) is 2. The first kappa shape index (κ1) is 30.4. The van der Waals surface area contributed by atoms with E-state index in [0.29, 0.717) is 43.5 Å². The quantitative estimate of drug-likeness (QED) is 0.143. The fourth-order valence-electron chi connectivity index (χ4n) is 5.00. The van der Waals surface area contributed by atoms with E-state index in [4.69, 9.17) is 14.7 Å². The minimum atomic E-state index is -0.690. The molecule has 2 aliphatic rings. The van der Waals surface area contributed by atoms with Crippen LogP contribution < -0.4 is 15.6 Å². The number of carbonyl (C=O) groups is 4. The SMILES string of the molecule is O=C(COc1ccc(C(=O)N/N=C/c2ccc(CN3C(=O)CC/C=C/CCC(=O)O[C@@H]4CCCC[C@H]43)cc2)cc1)NO. The number of hydrogen-bond acceptors (Lipinski definition) is 8. The van der Waals surface area contributed by atoms with Crippen molar-refractivity contribution in [2.75, 3.05) is 6.61 Å². The number of nitrogens with one attached hydrogen (secondary N) is 2. The van der Waals surface area contributed by atoms with E-state index in [0.717, 1.165) is 36.8 Å². The summed E-state index contributed by atoms with van der Waals surface area (Å²) in [6.45, 7) is 0.0629. The molecule has 1 aliphatic carbocycles. The van der Waals surface area contributed by atoms with Crippen molar-refractivity contribution in [1.82, 2.24) is 15.8 Å². The zero-order valence-electron chi connectivity index (χ0n) is 23.4. The lowest BCUT2D eigenvalue weighted by Crippen LogP contribution is -2.49. The third-order valence-electron chi connectivity index (χ3n) is 7.20. The molecule has 11 heteroatoms. The first-order valence-electron chi connectivity index (χ1n) is 14.1. The standard InChI is InChI=1S/C31H36N4O7/c36-28(34-40)21-41-25-17-15-24(16-18-25)31(39)33-32-19-22-11-13-23(14-12-22)20-35-26-7-5-6-8-27(26)42-30(38)10-4-2-1-3-9-29(35)37/h1-2,11-19,26-27,40H,3-10,20-21H2,(H,33,39)(H,34,36)/b2-1+,32-19+/t26-,27-/m1/s1. The first-order chi connectivity index (χ1) is 20.4. The Kier molecular flexibility index (Phi) is 11.2. The topological polar surface area (TPSA) is 147 Å². The lowest BCUT2D eigenvalue weighted by atomic mass is 9.90. The van der Waals surface area contributed by atoms with Crippen molar-refractivity contribution in [3.05, 3.63) is 77.4 Å². The third-order valence-corrected chi connectivity index (χ3v) is 7.20. The number of hydroxylamine groups is 1. The fraction of sp³-hybridized carbons (Fsp3) is 0.387. The Hall–Kier alpha value is -4.51. The molecule has 0 bridgehead atoms. The van der Waals surface area contributed by atoms with Gasteiger partial charge in [-0.05, 0) is 67.5 Å². The average molecular weight is 577 g/mol. The summed E-state index contributed by atoms with van der Waals surface area (Å²) in [6.07, 6.45) is 10.7. The second kappa shape index (κ2) is 15.5. The molecular weight excluding hydrogens is 540 g/mol. The first-order valence-corrected chi connectivity index (χ1v) is 14.1. The highest BCUT2D eigenvalue weighted by Crippen LogP contribution is 2.29. The molecule has 11 nitrogen and oxygen atoms in total. The molecule has 1 saturated carbocycles. The minimum Gasteiger partial charge on any atom is -0.484 e. The molecule has 42 heavy (non-hydrogen) atoms. The molecule has 2 atom stereocenters. The van der Waals surface area contributed by atoms with E-state index in [-0.39, 0.29) is 30.6 Å². The predicted molar refractivity (Wildman–Crippen MR) is 154 cm³/mol. The Bertz CT molecular complexity index is 1290. The van der Waals surface area contributed by atoms with Gasteiger partial charge >= 0.3 is 5.97 Å². The van der Waals surface area contributed by atoms with Crippen LogP contribution in [0.5, 0.6) is 5.75 Å². The number of hydrogen-bond donors (Lipinski definition) is 3. The molecule has 3 N–H and O–H groups in total. The Morgan fingerprint density at radius 2 is 1.71 bits per heavy atom. The van der Waals surface area contributed by atoms with Crippen LogP contribution in [0.3, 0.4) is 0 Å². The van der Waals surface area contributed by atoms with Gasteiger partial charge in [0.2, 0.25) is 5.91 Å². The smallest absolute Gasteiger partial charge is 0.306 e. The zero-order valence-corrected chi connectivity index (χ0v) is 23.4. The van der Waals surface area contributed by atoms with Crippen molar-refractivity contribution in [2.24, 2.45) is 5.10 Å². The second-order valence-electron chi connectivity index (χ2n) is 10.2. The molecule has 1 fully saturated rings. The molecule has 2 aromatic carbocycles. The highest BCUT2D eigenvalue weighted by molar-refractivity contribution is 5.95. The minimum absolute atomic E-state index is 0.0526. The third kappa shape index (κ3) is 9.00. The van der Waals surface area contributed by atoms with Crippen LogP contribution in [-0.4, -0.2) is 58.8 Å². The van der Waals surface area contributed by atoms with Gasteiger partial charge in [0.1, 0.15) is 11.9 Å². The number of nitrogens with zero attached hydrogens (tertiary/aromatic N) is 2. The van der Waals surface area contributed by atoms with Crippen molar-refractivity contribution >= 4 is 29.9 Å². The summed E-state index contributed by atoms with van der Waals surface area (Å²) in [5, 5.41) is 12.5. The van der Waals surface area contributed by atoms with Gasteiger partial charge in [-0.1, -0.05) is 42.8 Å². The van der Waals surface area contributed by atoms with Gasteiger partial charge in [-0.15, -0.1) is 0 Å². The van der Waals surface area contributed by atoms with E-state index in [9.17, 15) is 19.2 Å². The van der Waals surface area contributed by atoms with Gasteiger partial charge < -0.3 is 14.4 Å². The molecule has 0 spiro atoms. The molecule has 0 aromatic heterocycles. The summed E-state index contributed by atoms with van der Waals surface area (Å²) < 4.78 is 11.0. The highest BCUT2D eigenvalue weighted by atomic mass is 16.5. The lowest BCUT2D eigenvalue weighted by Gasteiger charge is -2.39. The maximum absolute atomic E-state index is 13.3. The Balaban J connectivity index is 1.35. The van der Waals surface area contributed by atoms with Crippen LogP contribution in [0.15, 0.2) is 65.8 Å². The zero-order chi connectivity index (χ0) is 29.7. The molecule has 4 rings (SSSR count). The van der Waals surface area contributed by atoms with Crippen molar-refractivity contribution < 1.29 is 33.9 Å². The normalized spacial score (nSPS) is 20.5. The number of esters is 1. The van der Waals surface area contributed by atoms with Crippen LogP contribution in [0, 0.1) is 0 Å². The van der Waals surface area contributed by atoms with Crippen molar-refractivity contribution in [2.45, 2.75) is 70.1 Å². The van der Waals surface area contributed by atoms with Crippen LogP contribution >= 0.6 is 0 Å². The number of carbonyl (C=O) groups excluding carboxylic acids is 4. The second-order valence-corrected chi connectivity index (χ2v) is 10.2. The lowest BCUT2D eigenvalue weighted by molar-refractivity contribution is -0.159. The van der Waals surface area contributed by atoms with E-state index < -0.39 is 11.8 Å². The van der Waals surface area contributed by atoms with E-state index in [1.807, 2.05) is 41.3 Å². The monoisotopic (exact) mass is 576 g/mol. The van der Waals surface area contributed by atoms with Gasteiger partial charge in [0.15, 0.2) is 6.61 Å². The molecule has 0 radical (unpaired) electrons. The van der Waals surface area contributed by atoms with E-state index in [1.165, 1.54) is 36.0 Å². The number of hydrazone groups is 1. The Labute approximate surface area is 244 Å². The molecule has 1 aliphatic heterocycles. The molecule has 2 aromatic rings. The van der Waals surface area contributed by atoms with Crippen LogP contribution in [0.4, 0.5) is 0 Å². The average Bonchev–Trinajstić information content (AvgIpc) is 3.01. The highest BCUT2D eigenvalue weighted by Gasteiger charge is 2.35. The van der Waals surface area contributed by atoms with Crippen molar-refractivity contribution in [3.8, 4) is 5.75 Å². The number of allylic oxidation sites excluding steroid dienone is 2. The van der Waals surface area contributed by atoms with Gasteiger partial charge in [0, 0.05) is 24.9 Å². The Morgan fingerprint density at radius 1 is 1.00 bits per heavy atom. The largest absolute Gasteiger partial charge is 0.484 e. The van der Waals surface area contributed by atoms with Gasteiger partial charge in [-0.25, -0.2) is 10.9 Å². The molecule has 1 heterocycles. The molecule has 0 saturated heterocycles. The molecule has 222 valence electrons. The maximum atomic E-state index is 13.3. The van der Waals surface area contributed by atoms with E-state index >= 15 is 0 Å².